The topological polar surface area (TPSA) is 75.7 Å². The molecule has 2 heterocycles. The highest BCUT2D eigenvalue weighted by Gasteiger charge is 2.15. The van der Waals surface area contributed by atoms with Crippen LogP contribution in [0.1, 0.15) is 0 Å². The summed E-state index contributed by atoms with van der Waals surface area (Å²) in [7, 11) is -3.40. The zero-order valence-electron chi connectivity index (χ0n) is 10.5. The van der Waals surface area contributed by atoms with E-state index in [0.717, 1.165) is 12.3 Å². The summed E-state index contributed by atoms with van der Waals surface area (Å²) in [5.41, 5.74) is 1.21. The Balaban J connectivity index is 2.23. The molecule has 0 amide bonds. The molecule has 0 bridgehead atoms. The van der Waals surface area contributed by atoms with E-state index in [9.17, 15) is 12.8 Å². The van der Waals surface area contributed by atoms with Crippen molar-refractivity contribution < 1.29 is 12.8 Å². The first-order chi connectivity index (χ1) is 9.45. The molecule has 20 heavy (non-hydrogen) atoms. The van der Waals surface area contributed by atoms with Gasteiger partial charge in [0.15, 0.2) is 15.5 Å². The lowest BCUT2D eigenvalue weighted by atomic mass is 10.2. The van der Waals surface area contributed by atoms with Crippen molar-refractivity contribution in [1.29, 1.82) is 0 Å². The zero-order valence-corrected chi connectivity index (χ0v) is 11.3. The van der Waals surface area contributed by atoms with Crippen molar-refractivity contribution in [3.05, 3.63) is 42.3 Å². The van der Waals surface area contributed by atoms with Crippen LogP contribution in [0.2, 0.25) is 0 Å². The first kappa shape index (κ1) is 12.7. The van der Waals surface area contributed by atoms with Crippen LogP contribution in [0.5, 0.6) is 0 Å². The fourth-order valence-corrected chi connectivity index (χ4v) is 2.54. The van der Waals surface area contributed by atoms with Gasteiger partial charge in [-0.05, 0) is 30.3 Å². The molecule has 0 atom stereocenters. The maximum Gasteiger partial charge on any atom is 0.178 e. The van der Waals surface area contributed by atoms with Gasteiger partial charge in [-0.2, -0.15) is 0 Å². The average molecular weight is 291 g/mol. The molecule has 0 aliphatic rings. The number of imidazole rings is 1. The minimum absolute atomic E-state index is 0.0438. The van der Waals surface area contributed by atoms with Crippen molar-refractivity contribution in [3.8, 4) is 11.4 Å². The summed E-state index contributed by atoms with van der Waals surface area (Å²) in [6.07, 6.45) is 2.65. The molecule has 3 rings (SSSR count). The molecule has 0 saturated carbocycles. The molecule has 0 unspecified atom stereocenters. The molecule has 0 spiro atoms. The van der Waals surface area contributed by atoms with E-state index in [1.165, 1.54) is 12.1 Å². The van der Waals surface area contributed by atoms with Gasteiger partial charge in [-0.15, -0.1) is 0 Å². The van der Waals surface area contributed by atoms with Crippen LogP contribution in [-0.2, 0) is 9.84 Å². The van der Waals surface area contributed by atoms with E-state index in [4.69, 9.17) is 0 Å². The van der Waals surface area contributed by atoms with Crippen LogP contribution in [0.15, 0.2) is 41.4 Å². The summed E-state index contributed by atoms with van der Waals surface area (Å²) in [5.74, 6) is -0.293. The number of hydrogen-bond donors (Lipinski definition) is 1. The number of H-pyrrole nitrogens is 1. The fraction of sp³-hybridized carbons (Fsp3) is 0.0769. The Bertz CT molecular complexity index is 870. The Morgan fingerprint density at radius 3 is 2.75 bits per heavy atom. The second kappa shape index (κ2) is 4.38. The molecule has 0 aliphatic heterocycles. The normalized spacial score (nSPS) is 11.9. The van der Waals surface area contributed by atoms with E-state index in [1.54, 1.807) is 18.3 Å². The molecule has 7 heteroatoms. The number of halogens is 1. The molecule has 1 N–H and O–H groups in total. The monoisotopic (exact) mass is 291 g/mol. The molecule has 1 aromatic carbocycles. The van der Waals surface area contributed by atoms with Crippen LogP contribution in [-0.4, -0.2) is 29.6 Å². The maximum atomic E-state index is 13.9. The molecule has 3 aromatic rings. The van der Waals surface area contributed by atoms with Gasteiger partial charge in [0.1, 0.15) is 11.6 Å². The number of benzene rings is 1. The first-order valence-electron chi connectivity index (χ1n) is 5.76. The van der Waals surface area contributed by atoms with Crippen molar-refractivity contribution in [2.75, 3.05) is 6.26 Å². The van der Waals surface area contributed by atoms with Crippen LogP contribution in [0.4, 0.5) is 4.39 Å². The zero-order chi connectivity index (χ0) is 14.3. The van der Waals surface area contributed by atoms with Crippen LogP contribution < -0.4 is 0 Å². The van der Waals surface area contributed by atoms with E-state index in [0.29, 0.717) is 11.2 Å². The Morgan fingerprint density at radius 1 is 1.25 bits per heavy atom. The molecular formula is C13H10FN3O2S. The Labute approximate surface area is 114 Å². The number of rotatable bonds is 2. The van der Waals surface area contributed by atoms with E-state index < -0.39 is 15.7 Å². The molecule has 0 fully saturated rings. The SMILES string of the molecule is CS(=O)(=O)c1ccc(F)c(-c2nc3ncccc3[nH]2)c1. The summed E-state index contributed by atoms with van der Waals surface area (Å²) in [6.45, 7) is 0. The van der Waals surface area contributed by atoms with E-state index in [2.05, 4.69) is 15.0 Å². The van der Waals surface area contributed by atoms with Gasteiger partial charge in [-0.25, -0.2) is 22.8 Å². The molecule has 0 radical (unpaired) electrons. The summed E-state index contributed by atoms with van der Waals surface area (Å²) < 4.78 is 37.0. The van der Waals surface area contributed by atoms with Gasteiger partial charge in [0.2, 0.25) is 0 Å². The smallest absolute Gasteiger partial charge is 0.178 e. The number of hydrogen-bond acceptors (Lipinski definition) is 4. The minimum Gasteiger partial charge on any atom is -0.336 e. The number of pyridine rings is 1. The number of aromatic amines is 1. The predicted octanol–water partition coefficient (Wildman–Crippen LogP) is 2.17. The van der Waals surface area contributed by atoms with Crippen molar-refractivity contribution in [2.24, 2.45) is 0 Å². The quantitative estimate of drug-likeness (QED) is 0.734. The molecule has 2 aromatic heterocycles. The average Bonchev–Trinajstić information content (AvgIpc) is 2.81. The first-order valence-corrected chi connectivity index (χ1v) is 7.65. The van der Waals surface area contributed by atoms with Crippen LogP contribution in [0.3, 0.4) is 0 Å². The lowest BCUT2D eigenvalue weighted by Crippen LogP contribution is -1.98. The van der Waals surface area contributed by atoms with Crippen LogP contribution in [0, 0.1) is 5.82 Å². The van der Waals surface area contributed by atoms with E-state index >= 15 is 0 Å². The van der Waals surface area contributed by atoms with Crippen molar-refractivity contribution in [1.82, 2.24) is 15.0 Å². The number of sulfone groups is 1. The van der Waals surface area contributed by atoms with Gasteiger partial charge in [0.25, 0.3) is 0 Å². The van der Waals surface area contributed by atoms with E-state index in [1.807, 2.05) is 0 Å². The highest BCUT2D eigenvalue weighted by molar-refractivity contribution is 7.90. The highest BCUT2D eigenvalue weighted by atomic mass is 32.2. The summed E-state index contributed by atoms with van der Waals surface area (Å²) in [4.78, 5) is 11.2. The molecule has 0 aliphatic carbocycles. The molecular weight excluding hydrogens is 281 g/mol. The van der Waals surface area contributed by atoms with Gasteiger partial charge >= 0.3 is 0 Å². The summed E-state index contributed by atoms with van der Waals surface area (Å²) in [5, 5.41) is 0. The second-order valence-corrected chi connectivity index (χ2v) is 6.39. The second-order valence-electron chi connectivity index (χ2n) is 4.37. The summed E-state index contributed by atoms with van der Waals surface area (Å²) >= 11 is 0. The van der Waals surface area contributed by atoms with Gasteiger partial charge in [0.05, 0.1) is 16.0 Å². The van der Waals surface area contributed by atoms with Crippen LogP contribution >= 0.6 is 0 Å². The van der Waals surface area contributed by atoms with Crippen molar-refractivity contribution in [2.45, 2.75) is 4.90 Å². The third kappa shape index (κ3) is 2.16. The Kier molecular flexibility index (Phi) is 2.79. The standard InChI is InChI=1S/C13H10FN3O2S/c1-20(18,19)8-4-5-10(14)9(7-8)12-16-11-3-2-6-15-13(11)17-12/h2-7H,1H3,(H,15,16,17). The molecule has 5 nitrogen and oxygen atoms in total. The van der Waals surface area contributed by atoms with E-state index in [-0.39, 0.29) is 16.3 Å². The number of nitrogens with one attached hydrogen (secondary N) is 1. The summed E-state index contributed by atoms with van der Waals surface area (Å²) in [6, 6.07) is 7.11. The van der Waals surface area contributed by atoms with Gasteiger partial charge in [0, 0.05) is 12.5 Å². The van der Waals surface area contributed by atoms with Gasteiger partial charge in [-0.3, -0.25) is 0 Å². The number of aromatic nitrogens is 3. The van der Waals surface area contributed by atoms with Crippen LogP contribution in [0.25, 0.3) is 22.6 Å². The number of fused-ring (bicyclic) bond motifs is 1. The Morgan fingerprint density at radius 2 is 2.05 bits per heavy atom. The molecule has 102 valence electrons. The largest absolute Gasteiger partial charge is 0.336 e. The third-order valence-electron chi connectivity index (χ3n) is 2.88. The predicted molar refractivity (Wildman–Crippen MR) is 72.4 cm³/mol. The van der Waals surface area contributed by atoms with Crippen molar-refractivity contribution >= 4 is 21.0 Å². The van der Waals surface area contributed by atoms with Gasteiger partial charge < -0.3 is 4.98 Å². The lowest BCUT2D eigenvalue weighted by Gasteiger charge is -2.03. The minimum atomic E-state index is -3.40. The van der Waals surface area contributed by atoms with Crippen molar-refractivity contribution in [3.63, 3.8) is 0 Å². The highest BCUT2D eigenvalue weighted by Crippen LogP contribution is 2.25. The number of nitrogens with zero attached hydrogens (tertiary/aromatic N) is 2. The third-order valence-corrected chi connectivity index (χ3v) is 3.99. The maximum absolute atomic E-state index is 13.9. The van der Waals surface area contributed by atoms with Gasteiger partial charge in [-0.1, -0.05) is 0 Å². The fourth-order valence-electron chi connectivity index (χ4n) is 1.89. The lowest BCUT2D eigenvalue weighted by molar-refractivity contribution is 0.600. The Hall–Kier alpha value is -2.28. The molecule has 0 saturated heterocycles.